The van der Waals surface area contributed by atoms with Crippen LogP contribution in [0, 0.1) is 23.1 Å². The van der Waals surface area contributed by atoms with E-state index in [1.807, 2.05) is 6.07 Å². The van der Waals surface area contributed by atoms with Crippen LogP contribution in [0.15, 0.2) is 36.4 Å². The minimum Gasteiger partial charge on any atom is -0.206 e. The third-order valence-corrected chi connectivity index (χ3v) is 5.92. The number of aryl methyl sites for hydroxylation is 3. The molecule has 1 unspecified atom stereocenters. The van der Waals surface area contributed by atoms with E-state index in [2.05, 4.69) is 31.2 Å². The van der Waals surface area contributed by atoms with E-state index in [1.54, 1.807) is 12.1 Å². The van der Waals surface area contributed by atoms with Crippen molar-refractivity contribution in [2.45, 2.75) is 71.1 Å². The minimum absolute atomic E-state index is 0.182. The van der Waals surface area contributed by atoms with Gasteiger partial charge in [0, 0.05) is 0 Å². The van der Waals surface area contributed by atoms with Crippen molar-refractivity contribution in [1.82, 2.24) is 0 Å². The number of halogens is 1. The molecule has 0 aromatic heterocycles. The minimum atomic E-state index is -0.369. The van der Waals surface area contributed by atoms with E-state index in [0.29, 0.717) is 5.92 Å². The summed E-state index contributed by atoms with van der Waals surface area (Å²) >= 11 is 0. The normalized spacial score (nSPS) is 16.0. The molecule has 0 heterocycles. The number of rotatable bonds is 8. The van der Waals surface area contributed by atoms with Gasteiger partial charge in [-0.3, -0.25) is 0 Å². The second-order valence-electron chi connectivity index (χ2n) is 7.99. The lowest BCUT2D eigenvalue weighted by Crippen LogP contribution is -2.15. The first-order valence-electron chi connectivity index (χ1n) is 10.5. The van der Waals surface area contributed by atoms with Crippen LogP contribution in [0.4, 0.5) is 4.39 Å². The van der Waals surface area contributed by atoms with Crippen LogP contribution in [0.1, 0.15) is 73.3 Å². The molecule has 1 atom stereocenters. The van der Waals surface area contributed by atoms with Gasteiger partial charge in [0.15, 0.2) is 0 Å². The molecule has 2 heteroatoms. The Hall–Kier alpha value is -2.14. The second kappa shape index (κ2) is 9.70. The molecule has 2 aromatic rings. The number of hydrogen-bond donors (Lipinski definition) is 0. The molecule has 142 valence electrons. The predicted octanol–water partition coefficient (Wildman–Crippen LogP) is 6.56. The van der Waals surface area contributed by atoms with E-state index >= 15 is 0 Å². The maximum Gasteiger partial charge on any atom is 0.141 e. The molecular formula is C25H30FN. The molecule has 1 aliphatic carbocycles. The maximum absolute atomic E-state index is 13.9. The Bertz CT molecular complexity index is 785. The first-order valence-corrected chi connectivity index (χ1v) is 10.5. The molecule has 0 amide bonds. The summed E-state index contributed by atoms with van der Waals surface area (Å²) in [6, 6.07) is 14.4. The highest BCUT2D eigenvalue weighted by atomic mass is 19.1. The maximum atomic E-state index is 13.9. The van der Waals surface area contributed by atoms with Gasteiger partial charge in [0.25, 0.3) is 0 Å². The fraction of sp³-hybridized carbons (Fsp3) is 0.480. The van der Waals surface area contributed by atoms with Crippen molar-refractivity contribution in [2.24, 2.45) is 5.92 Å². The van der Waals surface area contributed by atoms with E-state index in [-0.39, 0.29) is 11.4 Å². The smallest absolute Gasteiger partial charge is 0.141 e. The van der Waals surface area contributed by atoms with Crippen molar-refractivity contribution in [1.29, 1.82) is 5.26 Å². The van der Waals surface area contributed by atoms with E-state index < -0.39 is 0 Å². The average molecular weight is 364 g/mol. The summed E-state index contributed by atoms with van der Waals surface area (Å²) < 4.78 is 13.9. The Morgan fingerprint density at radius 1 is 1.00 bits per heavy atom. The van der Waals surface area contributed by atoms with Crippen molar-refractivity contribution in [3.8, 4) is 6.07 Å². The van der Waals surface area contributed by atoms with Crippen LogP contribution in [0.5, 0.6) is 0 Å². The molecule has 0 saturated carbocycles. The number of nitrogens with zero attached hydrogens (tertiary/aromatic N) is 1. The van der Waals surface area contributed by atoms with Crippen LogP contribution in [0.25, 0.3) is 0 Å². The van der Waals surface area contributed by atoms with Gasteiger partial charge in [-0.2, -0.15) is 5.26 Å². The topological polar surface area (TPSA) is 23.8 Å². The third-order valence-electron chi connectivity index (χ3n) is 5.92. The zero-order chi connectivity index (χ0) is 19.1. The predicted molar refractivity (Wildman–Crippen MR) is 109 cm³/mol. The second-order valence-corrected chi connectivity index (χ2v) is 7.99. The van der Waals surface area contributed by atoms with E-state index in [1.165, 1.54) is 43.2 Å². The molecule has 0 spiro atoms. The Kier molecular flexibility index (Phi) is 7.04. The summed E-state index contributed by atoms with van der Waals surface area (Å²) in [5.41, 5.74) is 5.30. The zero-order valence-electron chi connectivity index (χ0n) is 16.4. The van der Waals surface area contributed by atoms with E-state index in [4.69, 9.17) is 5.26 Å². The van der Waals surface area contributed by atoms with Gasteiger partial charge in [0.2, 0.25) is 0 Å². The number of fused-ring (bicyclic) bond motifs is 1. The molecule has 27 heavy (non-hydrogen) atoms. The van der Waals surface area contributed by atoms with Gasteiger partial charge in [0.1, 0.15) is 11.9 Å². The Balaban J connectivity index is 1.49. The monoisotopic (exact) mass is 363 g/mol. The van der Waals surface area contributed by atoms with Crippen LogP contribution in [0.3, 0.4) is 0 Å². The molecular weight excluding hydrogens is 333 g/mol. The van der Waals surface area contributed by atoms with Gasteiger partial charge in [0.05, 0.1) is 5.56 Å². The summed E-state index contributed by atoms with van der Waals surface area (Å²) in [6.07, 6.45) is 11.7. The van der Waals surface area contributed by atoms with Crippen LogP contribution < -0.4 is 0 Å². The molecule has 0 bridgehead atoms. The lowest BCUT2D eigenvalue weighted by molar-refractivity contribution is 0.425. The average Bonchev–Trinajstić information content (AvgIpc) is 2.70. The molecule has 1 aliphatic rings. The lowest BCUT2D eigenvalue weighted by Gasteiger charge is -2.25. The molecule has 0 aliphatic heterocycles. The van der Waals surface area contributed by atoms with Crippen LogP contribution in [-0.2, 0) is 25.7 Å². The van der Waals surface area contributed by atoms with Crippen molar-refractivity contribution < 1.29 is 4.39 Å². The number of nitriles is 1. The summed E-state index contributed by atoms with van der Waals surface area (Å²) in [4.78, 5) is 0. The Morgan fingerprint density at radius 3 is 2.44 bits per heavy atom. The van der Waals surface area contributed by atoms with Gasteiger partial charge >= 0.3 is 0 Å². The zero-order valence-corrected chi connectivity index (χ0v) is 16.4. The molecule has 3 rings (SSSR count). The standard InChI is InChI=1S/C25H30FN/c1-2-3-4-5-6-19-7-9-20(10-8-19)11-12-21-13-14-22-16-24(18-27)25(26)17-23(22)15-21/h7-10,16-17,21H,2-6,11-15H2,1H3. The van der Waals surface area contributed by atoms with Crippen molar-refractivity contribution >= 4 is 0 Å². The lowest BCUT2D eigenvalue weighted by atomic mass is 9.80. The molecule has 0 radical (unpaired) electrons. The van der Waals surface area contributed by atoms with Gasteiger partial charge in [-0.25, -0.2) is 4.39 Å². The van der Waals surface area contributed by atoms with Gasteiger partial charge in [-0.15, -0.1) is 0 Å². The largest absolute Gasteiger partial charge is 0.206 e. The highest BCUT2D eigenvalue weighted by Crippen LogP contribution is 2.30. The molecule has 0 fully saturated rings. The third kappa shape index (κ3) is 5.42. The Labute approximate surface area is 163 Å². The van der Waals surface area contributed by atoms with Gasteiger partial charge < -0.3 is 0 Å². The fourth-order valence-electron chi connectivity index (χ4n) is 4.19. The number of hydrogen-bond acceptors (Lipinski definition) is 1. The summed E-state index contributed by atoms with van der Waals surface area (Å²) in [6.45, 7) is 2.25. The SMILES string of the molecule is CCCCCCc1ccc(CCC2CCc3cc(C#N)c(F)cc3C2)cc1. The van der Waals surface area contributed by atoms with Crippen molar-refractivity contribution in [3.05, 3.63) is 70.0 Å². The van der Waals surface area contributed by atoms with E-state index in [0.717, 1.165) is 43.2 Å². The Morgan fingerprint density at radius 2 is 1.74 bits per heavy atom. The van der Waals surface area contributed by atoms with Gasteiger partial charge in [-0.1, -0.05) is 50.5 Å². The highest BCUT2D eigenvalue weighted by Gasteiger charge is 2.20. The number of unbranched alkanes of at least 4 members (excludes halogenated alkanes) is 3. The summed E-state index contributed by atoms with van der Waals surface area (Å²) in [5, 5.41) is 8.98. The van der Waals surface area contributed by atoms with Crippen LogP contribution in [-0.4, -0.2) is 0 Å². The highest BCUT2D eigenvalue weighted by molar-refractivity contribution is 5.41. The van der Waals surface area contributed by atoms with Crippen LogP contribution >= 0.6 is 0 Å². The van der Waals surface area contributed by atoms with Crippen molar-refractivity contribution in [3.63, 3.8) is 0 Å². The number of benzene rings is 2. The first-order chi connectivity index (χ1) is 13.2. The molecule has 1 nitrogen and oxygen atoms in total. The first kappa shape index (κ1) is 19.6. The summed E-state index contributed by atoms with van der Waals surface area (Å²) in [5.74, 6) is 0.241. The van der Waals surface area contributed by atoms with E-state index in [9.17, 15) is 4.39 Å². The fourth-order valence-corrected chi connectivity index (χ4v) is 4.19. The molecule has 2 aromatic carbocycles. The molecule has 0 N–H and O–H groups in total. The summed E-state index contributed by atoms with van der Waals surface area (Å²) in [7, 11) is 0. The van der Waals surface area contributed by atoms with Gasteiger partial charge in [-0.05, 0) is 85.3 Å². The van der Waals surface area contributed by atoms with Crippen molar-refractivity contribution in [2.75, 3.05) is 0 Å². The van der Waals surface area contributed by atoms with Crippen LogP contribution in [0.2, 0.25) is 0 Å². The molecule has 0 saturated heterocycles. The quantitative estimate of drug-likeness (QED) is 0.487.